The van der Waals surface area contributed by atoms with Crippen LogP contribution in [-0.2, 0) is 11.3 Å². The molecule has 2 aromatic carbocycles. The van der Waals surface area contributed by atoms with Gasteiger partial charge in [-0.3, -0.25) is 0 Å². The number of H-pyrrole nitrogens is 1. The van der Waals surface area contributed by atoms with Gasteiger partial charge in [0.15, 0.2) is 17.3 Å². The van der Waals surface area contributed by atoms with E-state index in [1.54, 1.807) is 37.3 Å². The maximum atomic E-state index is 14.4. The minimum Gasteiger partial charge on any atom is -0.486 e. The molecular formula is C18H15ClFN3O3. The summed E-state index contributed by atoms with van der Waals surface area (Å²) in [6, 6.07) is 11.4. The van der Waals surface area contributed by atoms with Crippen molar-refractivity contribution in [2.75, 3.05) is 6.61 Å². The van der Waals surface area contributed by atoms with Gasteiger partial charge in [0.05, 0.1) is 6.61 Å². The fourth-order valence-corrected chi connectivity index (χ4v) is 2.41. The summed E-state index contributed by atoms with van der Waals surface area (Å²) in [6.07, 6.45) is 0. The lowest BCUT2D eigenvalue weighted by atomic mass is 10.1. The first-order valence-electron chi connectivity index (χ1n) is 7.83. The summed E-state index contributed by atoms with van der Waals surface area (Å²) < 4.78 is 24.8. The Morgan fingerprint density at radius 3 is 2.65 bits per heavy atom. The van der Waals surface area contributed by atoms with Crippen LogP contribution in [0.2, 0.25) is 5.02 Å². The molecule has 0 aliphatic carbocycles. The number of aromatic amines is 1. The number of rotatable bonds is 6. The van der Waals surface area contributed by atoms with Gasteiger partial charge in [-0.25, -0.2) is 9.18 Å². The van der Waals surface area contributed by atoms with Gasteiger partial charge in [0, 0.05) is 10.6 Å². The third-order valence-corrected chi connectivity index (χ3v) is 3.78. The van der Waals surface area contributed by atoms with Crippen molar-refractivity contribution in [3.63, 3.8) is 0 Å². The topological polar surface area (TPSA) is 77.1 Å². The average molecular weight is 376 g/mol. The molecule has 3 aromatic rings. The molecule has 1 heterocycles. The predicted octanol–water partition coefficient (Wildman–Crippen LogP) is 4.02. The molecule has 1 aromatic heterocycles. The van der Waals surface area contributed by atoms with Crippen LogP contribution in [0.15, 0.2) is 42.5 Å². The van der Waals surface area contributed by atoms with Gasteiger partial charge < -0.3 is 9.47 Å². The molecule has 0 unspecified atom stereocenters. The molecule has 134 valence electrons. The average Bonchev–Trinajstić information content (AvgIpc) is 3.12. The third kappa shape index (κ3) is 4.00. The van der Waals surface area contributed by atoms with E-state index in [1.165, 1.54) is 12.1 Å². The van der Waals surface area contributed by atoms with Crippen molar-refractivity contribution in [1.29, 1.82) is 0 Å². The number of nitrogens with zero attached hydrogens (tertiary/aromatic N) is 2. The highest BCUT2D eigenvalue weighted by molar-refractivity contribution is 6.30. The zero-order valence-corrected chi connectivity index (χ0v) is 14.6. The minimum atomic E-state index is -0.625. The zero-order valence-electron chi connectivity index (χ0n) is 13.8. The minimum absolute atomic E-state index is 0.00100. The number of carbonyl (C=O) groups excluding carboxylic acids is 1. The van der Waals surface area contributed by atoms with Gasteiger partial charge in [0.1, 0.15) is 12.3 Å². The number of aromatic nitrogens is 3. The van der Waals surface area contributed by atoms with Gasteiger partial charge in [0.25, 0.3) is 0 Å². The Labute approximate surface area is 153 Å². The zero-order chi connectivity index (χ0) is 18.5. The van der Waals surface area contributed by atoms with Crippen molar-refractivity contribution < 1.29 is 18.7 Å². The second kappa shape index (κ2) is 7.97. The van der Waals surface area contributed by atoms with E-state index < -0.39 is 11.8 Å². The Morgan fingerprint density at radius 2 is 1.96 bits per heavy atom. The van der Waals surface area contributed by atoms with E-state index in [2.05, 4.69) is 15.4 Å². The summed E-state index contributed by atoms with van der Waals surface area (Å²) in [7, 11) is 0. The van der Waals surface area contributed by atoms with E-state index in [-0.39, 0.29) is 30.4 Å². The van der Waals surface area contributed by atoms with E-state index in [0.717, 1.165) is 5.56 Å². The van der Waals surface area contributed by atoms with E-state index >= 15 is 0 Å². The number of esters is 1. The lowest BCUT2D eigenvalue weighted by Crippen LogP contribution is -2.07. The van der Waals surface area contributed by atoms with Crippen molar-refractivity contribution in [2.24, 2.45) is 0 Å². The van der Waals surface area contributed by atoms with E-state index in [9.17, 15) is 9.18 Å². The lowest BCUT2D eigenvalue weighted by molar-refractivity contribution is 0.0520. The fourth-order valence-electron chi connectivity index (χ4n) is 2.28. The number of halogens is 2. The number of hydrogen-bond acceptors (Lipinski definition) is 5. The fraction of sp³-hybridized carbons (Fsp3) is 0.167. The third-order valence-electron chi connectivity index (χ3n) is 3.53. The first-order valence-corrected chi connectivity index (χ1v) is 8.21. The lowest BCUT2D eigenvalue weighted by Gasteiger charge is -2.09. The van der Waals surface area contributed by atoms with Gasteiger partial charge >= 0.3 is 5.97 Å². The molecule has 6 nitrogen and oxygen atoms in total. The highest BCUT2D eigenvalue weighted by atomic mass is 35.5. The number of hydrogen-bond donors (Lipinski definition) is 1. The Hall–Kier alpha value is -2.93. The molecule has 0 aliphatic rings. The molecule has 0 spiro atoms. The van der Waals surface area contributed by atoms with Gasteiger partial charge in [-0.2, -0.15) is 10.3 Å². The maximum absolute atomic E-state index is 14.4. The molecule has 26 heavy (non-hydrogen) atoms. The standard InChI is InChI=1S/C18H15ClFN3O3/c1-2-25-18(24)17-16(21-23-22-17)12-5-8-15(14(20)9-12)26-10-11-3-6-13(19)7-4-11/h3-9H,2,10H2,1H3,(H,21,22,23). The number of benzene rings is 2. The monoisotopic (exact) mass is 375 g/mol. The van der Waals surface area contributed by atoms with Crippen molar-refractivity contribution in [2.45, 2.75) is 13.5 Å². The quantitative estimate of drug-likeness (QED) is 0.658. The molecule has 3 rings (SSSR count). The largest absolute Gasteiger partial charge is 0.486 e. The van der Waals surface area contributed by atoms with Crippen molar-refractivity contribution >= 4 is 17.6 Å². The Bertz CT molecular complexity index is 912. The van der Waals surface area contributed by atoms with Gasteiger partial charge in [-0.1, -0.05) is 23.7 Å². The molecule has 8 heteroatoms. The molecule has 0 radical (unpaired) electrons. The molecule has 1 N–H and O–H groups in total. The molecule has 0 bridgehead atoms. The van der Waals surface area contributed by atoms with E-state index in [4.69, 9.17) is 21.1 Å². The Kier molecular flexibility index (Phi) is 5.48. The van der Waals surface area contributed by atoms with Crippen molar-refractivity contribution in [3.05, 3.63) is 64.6 Å². The van der Waals surface area contributed by atoms with Crippen LogP contribution in [0.3, 0.4) is 0 Å². The van der Waals surface area contributed by atoms with Crippen LogP contribution < -0.4 is 4.74 Å². The Morgan fingerprint density at radius 1 is 1.19 bits per heavy atom. The first-order chi connectivity index (χ1) is 12.6. The van der Waals surface area contributed by atoms with E-state index in [1.807, 2.05) is 0 Å². The summed E-state index contributed by atoms with van der Waals surface area (Å²) in [5.74, 6) is -1.11. The summed E-state index contributed by atoms with van der Waals surface area (Å²) in [6.45, 7) is 2.09. The summed E-state index contributed by atoms with van der Waals surface area (Å²) in [4.78, 5) is 11.9. The van der Waals surface area contributed by atoms with Crippen LogP contribution in [0.1, 0.15) is 23.0 Å². The predicted molar refractivity (Wildman–Crippen MR) is 93.5 cm³/mol. The Balaban J connectivity index is 1.77. The van der Waals surface area contributed by atoms with Crippen LogP contribution in [0.5, 0.6) is 5.75 Å². The normalized spacial score (nSPS) is 10.6. The first kappa shape index (κ1) is 17.9. The number of ether oxygens (including phenoxy) is 2. The number of carbonyl (C=O) groups is 1. The SMILES string of the molecule is CCOC(=O)c1n[nH]nc1-c1ccc(OCc2ccc(Cl)cc2)c(F)c1. The molecule has 0 saturated carbocycles. The molecule has 0 saturated heterocycles. The van der Waals surface area contributed by atoms with Crippen molar-refractivity contribution in [3.8, 4) is 17.0 Å². The summed E-state index contributed by atoms with van der Waals surface area (Å²) >= 11 is 5.83. The molecule has 0 atom stereocenters. The smallest absolute Gasteiger partial charge is 0.361 e. The molecule has 0 aliphatic heterocycles. The van der Waals surface area contributed by atoms with Gasteiger partial charge in [-0.15, -0.1) is 5.10 Å². The van der Waals surface area contributed by atoms with Crippen LogP contribution in [0.25, 0.3) is 11.3 Å². The highest BCUT2D eigenvalue weighted by Crippen LogP contribution is 2.27. The molecule has 0 fully saturated rings. The summed E-state index contributed by atoms with van der Waals surface area (Å²) in [5.41, 5.74) is 1.46. The van der Waals surface area contributed by atoms with Crippen LogP contribution >= 0.6 is 11.6 Å². The second-order valence-electron chi connectivity index (χ2n) is 5.30. The molecular weight excluding hydrogens is 361 g/mol. The second-order valence-corrected chi connectivity index (χ2v) is 5.74. The highest BCUT2D eigenvalue weighted by Gasteiger charge is 2.20. The van der Waals surface area contributed by atoms with Crippen LogP contribution in [0.4, 0.5) is 4.39 Å². The number of nitrogens with one attached hydrogen (secondary N) is 1. The molecule has 0 amide bonds. The van der Waals surface area contributed by atoms with Crippen LogP contribution in [0, 0.1) is 5.82 Å². The van der Waals surface area contributed by atoms with Crippen molar-refractivity contribution in [1.82, 2.24) is 15.4 Å². The van der Waals surface area contributed by atoms with E-state index in [0.29, 0.717) is 10.6 Å². The van der Waals surface area contributed by atoms with Gasteiger partial charge in [0.2, 0.25) is 0 Å². The summed E-state index contributed by atoms with van der Waals surface area (Å²) in [5, 5.41) is 10.7. The maximum Gasteiger partial charge on any atom is 0.361 e. The van der Waals surface area contributed by atoms with Gasteiger partial charge in [-0.05, 0) is 42.8 Å². The van der Waals surface area contributed by atoms with Crippen LogP contribution in [-0.4, -0.2) is 28.0 Å².